The Morgan fingerprint density at radius 1 is 0.900 bits per heavy atom. The minimum Gasteiger partial charge on any atom is -0.347 e. The largest absolute Gasteiger partial charge is 0.347 e. The molecule has 1 aliphatic heterocycles. The van der Waals surface area contributed by atoms with Gasteiger partial charge in [0, 0.05) is 18.5 Å². The molecule has 0 unspecified atom stereocenters. The highest BCUT2D eigenvalue weighted by Crippen LogP contribution is 2.23. The van der Waals surface area contributed by atoms with E-state index in [2.05, 4.69) is 10.6 Å². The number of imide groups is 1. The van der Waals surface area contributed by atoms with Crippen LogP contribution in [0.4, 0.5) is 5.69 Å². The maximum atomic E-state index is 12.5. The van der Waals surface area contributed by atoms with Crippen molar-refractivity contribution in [1.82, 2.24) is 10.2 Å². The molecule has 0 fully saturated rings. The van der Waals surface area contributed by atoms with Gasteiger partial charge in [0.15, 0.2) is 0 Å². The van der Waals surface area contributed by atoms with E-state index in [4.69, 9.17) is 0 Å². The van der Waals surface area contributed by atoms with Crippen molar-refractivity contribution in [3.8, 4) is 0 Å². The lowest BCUT2D eigenvalue weighted by Gasteiger charge is -2.21. The van der Waals surface area contributed by atoms with E-state index in [0.29, 0.717) is 28.8 Å². The molecular formula is C23H25N3O4. The number of carbonyl (C=O) groups excluding carboxylic acids is 4. The van der Waals surface area contributed by atoms with Gasteiger partial charge >= 0.3 is 0 Å². The zero-order chi connectivity index (χ0) is 21.9. The van der Waals surface area contributed by atoms with Gasteiger partial charge in [-0.15, -0.1) is 0 Å². The number of fused-ring (bicyclic) bond motifs is 1. The molecule has 0 aliphatic carbocycles. The topological polar surface area (TPSA) is 95.6 Å². The lowest BCUT2D eigenvalue weighted by atomic mass is 10.1. The molecule has 4 amide bonds. The number of anilines is 1. The second kappa shape index (κ2) is 8.49. The minimum atomic E-state index is -0.402. The Morgan fingerprint density at radius 3 is 2.07 bits per heavy atom. The van der Waals surface area contributed by atoms with Crippen molar-refractivity contribution < 1.29 is 19.2 Å². The first kappa shape index (κ1) is 21.2. The lowest BCUT2D eigenvalue weighted by Crippen LogP contribution is -2.40. The van der Waals surface area contributed by atoms with Crippen LogP contribution in [0.5, 0.6) is 0 Å². The summed E-state index contributed by atoms with van der Waals surface area (Å²) in [6.45, 7) is 5.80. The van der Waals surface area contributed by atoms with E-state index in [9.17, 15) is 19.2 Å². The molecule has 0 aromatic heterocycles. The zero-order valence-corrected chi connectivity index (χ0v) is 17.3. The number of benzene rings is 2. The van der Waals surface area contributed by atoms with Gasteiger partial charge in [-0.3, -0.25) is 24.1 Å². The Bertz CT molecular complexity index is 973. The quantitative estimate of drug-likeness (QED) is 0.719. The Kier molecular flexibility index (Phi) is 6.01. The van der Waals surface area contributed by atoms with Gasteiger partial charge in [-0.05, 0) is 51.5 Å². The van der Waals surface area contributed by atoms with Crippen molar-refractivity contribution in [1.29, 1.82) is 0 Å². The monoisotopic (exact) mass is 407 g/mol. The standard InChI is InChI=1S/C23H25N3O4/c1-23(2,3)25-20(28)17-11-6-7-12-18(17)24-19(27)13-8-14-26-21(29)15-9-4-5-10-16(15)22(26)30/h4-7,9-12H,8,13-14H2,1-3H3,(H,24,27)(H,25,28). The van der Waals surface area contributed by atoms with Crippen molar-refractivity contribution in [2.45, 2.75) is 39.2 Å². The van der Waals surface area contributed by atoms with Gasteiger partial charge in [0.2, 0.25) is 5.91 Å². The number of nitrogens with one attached hydrogen (secondary N) is 2. The van der Waals surface area contributed by atoms with Gasteiger partial charge in [-0.2, -0.15) is 0 Å². The summed E-state index contributed by atoms with van der Waals surface area (Å²) in [5, 5.41) is 5.63. The van der Waals surface area contributed by atoms with Crippen LogP contribution in [0.25, 0.3) is 0 Å². The van der Waals surface area contributed by atoms with Crippen LogP contribution in [0.3, 0.4) is 0 Å². The Labute approximate surface area is 175 Å². The van der Waals surface area contributed by atoms with Crippen LogP contribution in [-0.2, 0) is 4.79 Å². The van der Waals surface area contributed by atoms with Crippen LogP contribution in [0, 0.1) is 0 Å². The number of amides is 4. The fourth-order valence-corrected chi connectivity index (χ4v) is 3.25. The van der Waals surface area contributed by atoms with Gasteiger partial charge in [-0.25, -0.2) is 0 Å². The number of rotatable bonds is 6. The van der Waals surface area contributed by atoms with Crippen molar-refractivity contribution in [2.75, 3.05) is 11.9 Å². The maximum absolute atomic E-state index is 12.5. The van der Waals surface area contributed by atoms with E-state index in [1.165, 1.54) is 4.90 Å². The molecule has 30 heavy (non-hydrogen) atoms. The van der Waals surface area contributed by atoms with Crippen LogP contribution in [0.1, 0.15) is 64.7 Å². The molecule has 1 heterocycles. The highest BCUT2D eigenvalue weighted by Gasteiger charge is 2.34. The van der Waals surface area contributed by atoms with Gasteiger partial charge in [0.1, 0.15) is 0 Å². The maximum Gasteiger partial charge on any atom is 0.261 e. The molecule has 0 saturated heterocycles. The highest BCUT2D eigenvalue weighted by molar-refractivity contribution is 6.21. The average Bonchev–Trinajstić information content (AvgIpc) is 2.92. The van der Waals surface area contributed by atoms with Crippen molar-refractivity contribution in [2.24, 2.45) is 0 Å². The fraction of sp³-hybridized carbons (Fsp3) is 0.304. The average molecular weight is 407 g/mol. The Hall–Kier alpha value is -3.48. The fourth-order valence-electron chi connectivity index (χ4n) is 3.25. The third-order valence-electron chi connectivity index (χ3n) is 4.60. The normalized spacial score (nSPS) is 13.2. The molecule has 3 rings (SSSR count). The van der Waals surface area contributed by atoms with E-state index in [1.54, 1.807) is 48.5 Å². The number of hydrogen-bond donors (Lipinski definition) is 2. The molecule has 2 aromatic carbocycles. The second-order valence-electron chi connectivity index (χ2n) is 8.21. The predicted octanol–water partition coefficient (Wildman–Crippen LogP) is 3.23. The molecule has 0 spiro atoms. The first-order valence-corrected chi connectivity index (χ1v) is 9.84. The van der Waals surface area contributed by atoms with Gasteiger partial charge < -0.3 is 10.6 Å². The molecule has 7 nitrogen and oxygen atoms in total. The first-order valence-electron chi connectivity index (χ1n) is 9.84. The van der Waals surface area contributed by atoms with E-state index < -0.39 is 5.54 Å². The summed E-state index contributed by atoms with van der Waals surface area (Å²) in [6, 6.07) is 13.5. The molecule has 2 aromatic rings. The summed E-state index contributed by atoms with van der Waals surface area (Å²) in [5.74, 6) is -1.23. The second-order valence-corrected chi connectivity index (χ2v) is 8.21. The van der Waals surface area contributed by atoms with Crippen LogP contribution in [-0.4, -0.2) is 40.6 Å². The third-order valence-corrected chi connectivity index (χ3v) is 4.60. The van der Waals surface area contributed by atoms with Gasteiger partial charge in [-0.1, -0.05) is 24.3 Å². The van der Waals surface area contributed by atoms with Crippen LogP contribution < -0.4 is 10.6 Å². The summed E-state index contributed by atoms with van der Waals surface area (Å²) in [7, 11) is 0. The van der Waals surface area contributed by atoms with Crippen LogP contribution >= 0.6 is 0 Å². The predicted molar refractivity (Wildman–Crippen MR) is 113 cm³/mol. The summed E-state index contributed by atoms with van der Waals surface area (Å²) in [5.41, 5.74) is 1.18. The van der Waals surface area contributed by atoms with Gasteiger partial charge in [0.05, 0.1) is 22.4 Å². The van der Waals surface area contributed by atoms with E-state index in [-0.39, 0.29) is 36.6 Å². The summed E-state index contributed by atoms with van der Waals surface area (Å²) in [6.07, 6.45) is 0.441. The number of carbonyl (C=O) groups is 4. The molecule has 0 bridgehead atoms. The first-order chi connectivity index (χ1) is 14.2. The highest BCUT2D eigenvalue weighted by atomic mass is 16.2. The summed E-state index contributed by atoms with van der Waals surface area (Å²) >= 11 is 0. The number of nitrogens with zero attached hydrogens (tertiary/aromatic N) is 1. The number of para-hydroxylation sites is 1. The number of hydrogen-bond acceptors (Lipinski definition) is 4. The van der Waals surface area contributed by atoms with Crippen LogP contribution in [0.2, 0.25) is 0 Å². The Morgan fingerprint density at radius 2 is 1.47 bits per heavy atom. The van der Waals surface area contributed by atoms with Crippen molar-refractivity contribution in [3.05, 3.63) is 65.2 Å². The molecule has 0 radical (unpaired) electrons. The zero-order valence-electron chi connectivity index (χ0n) is 17.3. The minimum absolute atomic E-state index is 0.114. The molecule has 1 aliphatic rings. The summed E-state index contributed by atoms with van der Waals surface area (Å²) < 4.78 is 0. The molecule has 2 N–H and O–H groups in total. The van der Waals surface area contributed by atoms with Crippen LogP contribution in [0.15, 0.2) is 48.5 Å². The molecular weight excluding hydrogens is 382 g/mol. The molecule has 156 valence electrons. The SMILES string of the molecule is CC(C)(C)NC(=O)c1ccccc1NC(=O)CCCN1C(=O)c2ccccc2C1=O. The molecule has 0 atom stereocenters. The van der Waals surface area contributed by atoms with Gasteiger partial charge in [0.25, 0.3) is 17.7 Å². The summed E-state index contributed by atoms with van der Waals surface area (Å²) in [4.78, 5) is 50.8. The van der Waals surface area contributed by atoms with E-state index in [0.717, 1.165) is 0 Å². The van der Waals surface area contributed by atoms with E-state index in [1.807, 2.05) is 20.8 Å². The molecule has 0 saturated carbocycles. The molecule has 7 heteroatoms. The lowest BCUT2D eigenvalue weighted by molar-refractivity contribution is -0.116. The third kappa shape index (κ3) is 4.74. The van der Waals surface area contributed by atoms with Crippen molar-refractivity contribution in [3.63, 3.8) is 0 Å². The van der Waals surface area contributed by atoms with Crippen molar-refractivity contribution >= 4 is 29.3 Å². The Balaban J connectivity index is 1.57. The van der Waals surface area contributed by atoms with E-state index >= 15 is 0 Å². The smallest absolute Gasteiger partial charge is 0.261 e.